The number of nitriles is 1. The van der Waals surface area contributed by atoms with Gasteiger partial charge >= 0.3 is 0 Å². The van der Waals surface area contributed by atoms with Gasteiger partial charge in [-0.2, -0.15) is 5.26 Å². The number of para-hydroxylation sites is 1. The van der Waals surface area contributed by atoms with Gasteiger partial charge < -0.3 is 5.32 Å². The van der Waals surface area contributed by atoms with Gasteiger partial charge in [0.05, 0.1) is 5.25 Å². The molecule has 1 aliphatic heterocycles. The molecular formula is C27H23N3O2S. The molecule has 2 amide bonds. The van der Waals surface area contributed by atoms with Crippen LogP contribution in [0.15, 0.2) is 89.5 Å². The monoisotopic (exact) mass is 453 g/mol. The Hall–Kier alpha value is -3.82. The minimum absolute atomic E-state index is 0.0795. The molecule has 4 rings (SSSR count). The van der Waals surface area contributed by atoms with Crippen LogP contribution in [0.3, 0.4) is 0 Å². The van der Waals surface area contributed by atoms with E-state index in [1.54, 1.807) is 24.3 Å². The first-order chi connectivity index (χ1) is 16.0. The topological polar surface area (TPSA) is 73.2 Å². The van der Waals surface area contributed by atoms with Crippen LogP contribution in [0.4, 0.5) is 11.4 Å². The smallest absolute Gasteiger partial charge is 0.269 e. The van der Waals surface area contributed by atoms with Crippen LogP contribution in [0, 0.1) is 25.2 Å². The van der Waals surface area contributed by atoms with Gasteiger partial charge in [0.2, 0.25) is 5.91 Å². The number of hydrogen-bond acceptors (Lipinski definition) is 4. The van der Waals surface area contributed by atoms with Gasteiger partial charge in [0.1, 0.15) is 16.7 Å². The lowest BCUT2D eigenvalue weighted by molar-refractivity contribution is -0.117. The van der Waals surface area contributed by atoms with Gasteiger partial charge in [-0.05, 0) is 50.1 Å². The molecule has 1 aliphatic rings. The minimum atomic E-state index is -0.535. The highest BCUT2D eigenvalue weighted by molar-refractivity contribution is 8.05. The minimum Gasteiger partial charge on any atom is -0.321 e. The van der Waals surface area contributed by atoms with Gasteiger partial charge in [-0.3, -0.25) is 14.5 Å². The van der Waals surface area contributed by atoms with Crippen molar-refractivity contribution < 1.29 is 9.59 Å². The van der Waals surface area contributed by atoms with Crippen LogP contribution in [0.2, 0.25) is 0 Å². The summed E-state index contributed by atoms with van der Waals surface area (Å²) in [6.45, 7) is 3.99. The Morgan fingerprint density at radius 2 is 1.58 bits per heavy atom. The molecule has 33 heavy (non-hydrogen) atoms. The summed E-state index contributed by atoms with van der Waals surface area (Å²) < 4.78 is 0. The van der Waals surface area contributed by atoms with Gasteiger partial charge in [0.15, 0.2) is 0 Å². The molecule has 3 aromatic rings. The molecule has 1 unspecified atom stereocenters. The lowest BCUT2D eigenvalue weighted by Gasteiger charge is -2.19. The lowest BCUT2D eigenvalue weighted by atomic mass is 10.1. The van der Waals surface area contributed by atoms with E-state index in [1.807, 2.05) is 74.5 Å². The molecule has 1 heterocycles. The molecule has 0 aromatic heterocycles. The van der Waals surface area contributed by atoms with Crippen LogP contribution >= 0.6 is 11.8 Å². The van der Waals surface area contributed by atoms with Crippen LogP contribution in [-0.2, 0) is 16.0 Å². The number of carbonyl (C=O) groups excluding carboxylic acids is 2. The molecule has 3 aromatic carbocycles. The maximum absolute atomic E-state index is 13.5. The highest BCUT2D eigenvalue weighted by Crippen LogP contribution is 2.42. The van der Waals surface area contributed by atoms with Gasteiger partial charge in [-0.15, -0.1) is 0 Å². The van der Waals surface area contributed by atoms with Crippen molar-refractivity contribution >= 4 is 35.0 Å². The van der Waals surface area contributed by atoms with Gasteiger partial charge in [-0.25, -0.2) is 0 Å². The van der Waals surface area contributed by atoms with E-state index in [0.29, 0.717) is 22.8 Å². The van der Waals surface area contributed by atoms with E-state index in [2.05, 4.69) is 5.32 Å². The van der Waals surface area contributed by atoms with Crippen molar-refractivity contribution in [3.8, 4) is 6.07 Å². The fourth-order valence-corrected chi connectivity index (χ4v) is 4.88. The van der Waals surface area contributed by atoms with Crippen LogP contribution < -0.4 is 10.2 Å². The highest BCUT2D eigenvalue weighted by Gasteiger charge is 2.40. The van der Waals surface area contributed by atoms with Crippen molar-refractivity contribution in [2.45, 2.75) is 25.5 Å². The number of nitrogens with zero attached hydrogens (tertiary/aromatic N) is 2. The summed E-state index contributed by atoms with van der Waals surface area (Å²) in [4.78, 5) is 28.0. The molecule has 0 bridgehead atoms. The number of rotatable bonds is 5. The van der Waals surface area contributed by atoms with Crippen molar-refractivity contribution in [2.75, 3.05) is 10.2 Å². The molecule has 0 saturated carbocycles. The highest BCUT2D eigenvalue weighted by atomic mass is 32.2. The normalized spacial score (nSPS) is 16.9. The molecule has 0 aliphatic carbocycles. The predicted molar refractivity (Wildman–Crippen MR) is 133 cm³/mol. The number of anilines is 2. The van der Waals surface area contributed by atoms with Crippen molar-refractivity contribution in [1.82, 2.24) is 0 Å². The van der Waals surface area contributed by atoms with E-state index in [4.69, 9.17) is 0 Å². The van der Waals surface area contributed by atoms with Gasteiger partial charge in [-0.1, -0.05) is 77.5 Å². The number of amides is 2. The van der Waals surface area contributed by atoms with E-state index >= 15 is 0 Å². The summed E-state index contributed by atoms with van der Waals surface area (Å²) in [6.07, 6.45) is 0.509. The molecule has 6 heteroatoms. The van der Waals surface area contributed by atoms with Crippen LogP contribution in [0.5, 0.6) is 0 Å². The second kappa shape index (κ2) is 9.76. The summed E-state index contributed by atoms with van der Waals surface area (Å²) in [5, 5.41) is 12.6. The number of hydrogen-bond donors (Lipinski definition) is 1. The lowest BCUT2D eigenvalue weighted by Crippen LogP contribution is -2.30. The maximum atomic E-state index is 13.5. The Labute approximate surface area is 197 Å². The quantitative estimate of drug-likeness (QED) is 0.416. The average molecular weight is 454 g/mol. The Morgan fingerprint density at radius 1 is 0.970 bits per heavy atom. The first kappa shape index (κ1) is 22.4. The van der Waals surface area contributed by atoms with E-state index in [1.165, 1.54) is 16.7 Å². The van der Waals surface area contributed by atoms with Crippen molar-refractivity contribution in [3.05, 3.63) is 106 Å². The number of benzene rings is 3. The summed E-state index contributed by atoms with van der Waals surface area (Å²) >= 11 is 1.27. The zero-order valence-corrected chi connectivity index (χ0v) is 19.2. The second-order valence-electron chi connectivity index (χ2n) is 7.92. The molecule has 1 fully saturated rings. The first-order valence-corrected chi connectivity index (χ1v) is 11.5. The van der Waals surface area contributed by atoms with Crippen molar-refractivity contribution in [1.29, 1.82) is 5.26 Å². The van der Waals surface area contributed by atoms with E-state index in [-0.39, 0.29) is 11.5 Å². The van der Waals surface area contributed by atoms with Crippen LogP contribution in [0.25, 0.3) is 0 Å². The van der Waals surface area contributed by atoms with Crippen molar-refractivity contribution in [3.63, 3.8) is 0 Å². The molecule has 0 radical (unpaired) electrons. The zero-order chi connectivity index (χ0) is 23.4. The zero-order valence-electron chi connectivity index (χ0n) is 18.4. The SMILES string of the molecule is Cc1ccc(CC2S/C(=C(/C#N)C(=O)Nc3ccccc3)N(c3ccc(C)cc3)C2=O)cc1. The van der Waals surface area contributed by atoms with E-state index in [0.717, 1.165) is 16.7 Å². The Bertz CT molecular complexity index is 1240. The van der Waals surface area contributed by atoms with E-state index in [9.17, 15) is 14.9 Å². The third kappa shape index (κ3) is 5.00. The van der Waals surface area contributed by atoms with Gasteiger partial charge in [0, 0.05) is 11.4 Å². The standard InChI is InChI=1S/C27H23N3O2S/c1-18-8-12-20(13-9-18)16-24-26(32)30(22-14-10-19(2)11-15-22)27(33-24)23(17-28)25(31)29-21-6-4-3-5-7-21/h3-15,24H,16H2,1-2H3,(H,29,31)/b27-23-. The van der Waals surface area contributed by atoms with Crippen LogP contribution in [-0.4, -0.2) is 17.1 Å². The van der Waals surface area contributed by atoms with E-state index < -0.39 is 11.2 Å². The summed E-state index contributed by atoms with van der Waals surface area (Å²) in [5.74, 6) is -0.674. The molecule has 1 atom stereocenters. The number of thioether (sulfide) groups is 1. The largest absolute Gasteiger partial charge is 0.321 e. The average Bonchev–Trinajstić information content (AvgIpc) is 3.12. The van der Waals surface area contributed by atoms with Crippen molar-refractivity contribution in [2.24, 2.45) is 0 Å². The van der Waals surface area contributed by atoms with Gasteiger partial charge in [0.25, 0.3) is 5.91 Å². The third-order valence-corrected chi connectivity index (χ3v) is 6.63. The molecular weight excluding hydrogens is 430 g/mol. The maximum Gasteiger partial charge on any atom is 0.269 e. The molecule has 5 nitrogen and oxygen atoms in total. The Balaban J connectivity index is 1.72. The Morgan fingerprint density at radius 3 is 2.18 bits per heavy atom. The molecule has 1 saturated heterocycles. The summed E-state index contributed by atoms with van der Waals surface area (Å²) in [7, 11) is 0. The predicted octanol–water partition coefficient (Wildman–Crippen LogP) is 5.37. The molecule has 1 N–H and O–H groups in total. The number of nitrogens with one attached hydrogen (secondary N) is 1. The summed E-state index contributed by atoms with van der Waals surface area (Å²) in [6, 6.07) is 26.6. The fraction of sp³-hybridized carbons (Fsp3) is 0.148. The second-order valence-corrected chi connectivity index (χ2v) is 9.11. The fourth-order valence-electron chi connectivity index (χ4n) is 3.57. The summed E-state index contributed by atoms with van der Waals surface area (Å²) in [5.41, 5.74) is 4.38. The Kier molecular flexibility index (Phi) is 6.62. The first-order valence-electron chi connectivity index (χ1n) is 10.6. The number of carbonyl (C=O) groups is 2. The molecule has 0 spiro atoms. The third-order valence-electron chi connectivity index (χ3n) is 5.37. The van der Waals surface area contributed by atoms with Crippen LogP contribution in [0.1, 0.15) is 16.7 Å². The molecule has 164 valence electrons. The number of aryl methyl sites for hydroxylation is 2.